The van der Waals surface area contributed by atoms with Crippen LogP contribution in [0.5, 0.6) is 0 Å². The van der Waals surface area contributed by atoms with Crippen LogP contribution in [0, 0.1) is 6.92 Å². The first-order chi connectivity index (χ1) is 6.33. The van der Waals surface area contributed by atoms with Gasteiger partial charge in [0.2, 0.25) is 0 Å². The molecule has 1 aliphatic rings. The maximum Gasteiger partial charge on any atom is 0.146 e. The quantitative estimate of drug-likeness (QED) is 0.656. The van der Waals surface area contributed by atoms with Crippen LogP contribution in [0.1, 0.15) is 22.7 Å². The molecular formula is C11H11NO. The molecule has 1 atom stereocenters. The van der Waals surface area contributed by atoms with Gasteiger partial charge in [0.15, 0.2) is 0 Å². The predicted molar refractivity (Wildman–Crippen MR) is 52.2 cm³/mol. The molecule has 0 spiro atoms. The lowest BCUT2D eigenvalue weighted by atomic mass is 9.95. The fourth-order valence-electron chi connectivity index (χ4n) is 1.64. The van der Waals surface area contributed by atoms with Crippen molar-refractivity contribution < 1.29 is 4.79 Å². The zero-order valence-electron chi connectivity index (χ0n) is 7.45. The molecule has 1 N–H and O–H groups in total. The van der Waals surface area contributed by atoms with Crippen molar-refractivity contribution >= 4 is 12.4 Å². The normalized spacial score (nSPS) is 19.0. The number of aryl methyl sites for hydroxylation is 1. The summed E-state index contributed by atoms with van der Waals surface area (Å²) in [7, 11) is 0. The van der Waals surface area contributed by atoms with E-state index in [4.69, 9.17) is 0 Å². The number of rotatable bonds is 1. The summed E-state index contributed by atoms with van der Waals surface area (Å²) in [5.74, 6) is 0. The van der Waals surface area contributed by atoms with Gasteiger partial charge >= 0.3 is 0 Å². The van der Waals surface area contributed by atoms with E-state index in [0.29, 0.717) is 0 Å². The highest BCUT2D eigenvalue weighted by Gasteiger charge is 2.15. The Bertz CT molecular complexity index is 368. The van der Waals surface area contributed by atoms with Gasteiger partial charge in [-0.1, -0.05) is 18.2 Å². The van der Waals surface area contributed by atoms with E-state index in [9.17, 15) is 4.79 Å². The first-order valence-electron chi connectivity index (χ1n) is 4.30. The van der Waals surface area contributed by atoms with Gasteiger partial charge in [0, 0.05) is 0 Å². The van der Waals surface area contributed by atoms with Gasteiger partial charge in [-0.25, -0.2) is 0 Å². The van der Waals surface area contributed by atoms with Crippen LogP contribution in [0.25, 0.3) is 6.08 Å². The van der Waals surface area contributed by atoms with Crippen LogP contribution in [0.4, 0.5) is 0 Å². The van der Waals surface area contributed by atoms with Gasteiger partial charge in [0.05, 0.1) is 0 Å². The lowest BCUT2D eigenvalue weighted by molar-refractivity contribution is -0.109. The molecule has 1 unspecified atom stereocenters. The average molecular weight is 173 g/mol. The molecule has 1 aliphatic heterocycles. The van der Waals surface area contributed by atoms with Gasteiger partial charge < -0.3 is 10.1 Å². The third kappa shape index (κ3) is 1.24. The Balaban J connectivity index is 2.59. The first kappa shape index (κ1) is 8.05. The lowest BCUT2D eigenvalue weighted by Crippen LogP contribution is -2.20. The number of carbonyl (C=O) groups is 1. The minimum atomic E-state index is -0.181. The van der Waals surface area contributed by atoms with Crippen molar-refractivity contribution in [1.29, 1.82) is 0 Å². The van der Waals surface area contributed by atoms with Gasteiger partial charge in [-0.05, 0) is 35.9 Å². The molecule has 0 fully saturated rings. The average Bonchev–Trinajstić information content (AvgIpc) is 2.18. The van der Waals surface area contributed by atoms with Crippen LogP contribution in [0.15, 0.2) is 24.4 Å². The summed E-state index contributed by atoms with van der Waals surface area (Å²) in [4.78, 5) is 10.7. The molecule has 13 heavy (non-hydrogen) atoms. The van der Waals surface area contributed by atoms with Gasteiger partial charge in [-0.15, -0.1) is 0 Å². The van der Waals surface area contributed by atoms with E-state index in [0.717, 1.165) is 11.8 Å². The molecule has 2 nitrogen and oxygen atoms in total. The van der Waals surface area contributed by atoms with Gasteiger partial charge in [0.1, 0.15) is 12.3 Å². The zero-order valence-corrected chi connectivity index (χ0v) is 7.45. The third-order valence-corrected chi connectivity index (χ3v) is 2.35. The predicted octanol–water partition coefficient (Wildman–Crippen LogP) is 1.81. The number of aldehydes is 1. The number of nitrogens with one attached hydrogen (secondary N) is 1. The highest BCUT2D eigenvalue weighted by molar-refractivity contribution is 5.71. The second-order valence-corrected chi connectivity index (χ2v) is 3.19. The fraction of sp³-hybridized carbons (Fsp3) is 0.182. The maximum absolute atomic E-state index is 10.7. The number of carbonyl (C=O) groups excluding carboxylic acids is 1. The van der Waals surface area contributed by atoms with Crippen LogP contribution in [0.2, 0.25) is 0 Å². The third-order valence-electron chi connectivity index (χ3n) is 2.35. The second kappa shape index (κ2) is 3.05. The van der Waals surface area contributed by atoms with Crippen molar-refractivity contribution in [3.8, 4) is 0 Å². The topological polar surface area (TPSA) is 29.1 Å². The summed E-state index contributed by atoms with van der Waals surface area (Å²) in [5.41, 5.74) is 3.44. The first-order valence-corrected chi connectivity index (χ1v) is 4.30. The largest absolute Gasteiger partial charge is 0.378 e. The summed E-state index contributed by atoms with van der Waals surface area (Å²) in [5, 5.41) is 3.00. The number of fused-ring (bicyclic) bond motifs is 1. The van der Waals surface area contributed by atoms with E-state index >= 15 is 0 Å². The van der Waals surface area contributed by atoms with Crippen molar-refractivity contribution in [1.82, 2.24) is 5.32 Å². The van der Waals surface area contributed by atoms with Crippen molar-refractivity contribution in [2.75, 3.05) is 0 Å². The van der Waals surface area contributed by atoms with E-state index in [1.54, 1.807) is 0 Å². The highest BCUT2D eigenvalue weighted by atomic mass is 16.1. The van der Waals surface area contributed by atoms with Crippen LogP contribution >= 0.6 is 0 Å². The Morgan fingerprint density at radius 3 is 3.08 bits per heavy atom. The summed E-state index contributed by atoms with van der Waals surface area (Å²) in [6, 6.07) is 5.83. The van der Waals surface area contributed by atoms with Crippen LogP contribution < -0.4 is 5.32 Å². The summed E-state index contributed by atoms with van der Waals surface area (Å²) in [6.07, 6.45) is 4.76. The number of hydrogen-bond acceptors (Lipinski definition) is 2. The van der Waals surface area contributed by atoms with E-state index in [1.807, 2.05) is 24.4 Å². The van der Waals surface area contributed by atoms with E-state index in [2.05, 4.69) is 18.3 Å². The Morgan fingerprint density at radius 1 is 1.46 bits per heavy atom. The SMILES string of the molecule is Cc1cccc2c1C=CNC2C=O. The molecule has 0 amide bonds. The Morgan fingerprint density at radius 2 is 2.31 bits per heavy atom. The molecule has 0 aromatic heterocycles. The Hall–Kier alpha value is -1.57. The highest BCUT2D eigenvalue weighted by Crippen LogP contribution is 2.24. The molecule has 0 radical (unpaired) electrons. The molecule has 0 bridgehead atoms. The van der Waals surface area contributed by atoms with Crippen molar-refractivity contribution in [2.24, 2.45) is 0 Å². The van der Waals surface area contributed by atoms with Crippen molar-refractivity contribution in [3.63, 3.8) is 0 Å². The number of hydrogen-bond donors (Lipinski definition) is 1. The summed E-state index contributed by atoms with van der Waals surface area (Å²) in [6.45, 7) is 2.05. The minimum absolute atomic E-state index is 0.181. The standard InChI is InChI=1S/C11H11NO/c1-8-3-2-4-10-9(8)5-6-12-11(10)7-13/h2-7,11-12H,1H3. The number of benzene rings is 1. The molecule has 66 valence electrons. The molecule has 2 rings (SSSR count). The minimum Gasteiger partial charge on any atom is -0.378 e. The Kier molecular flexibility index (Phi) is 1.89. The molecule has 2 heteroatoms. The molecule has 0 saturated carbocycles. The van der Waals surface area contributed by atoms with Crippen molar-refractivity contribution in [3.05, 3.63) is 41.1 Å². The molecule has 1 aromatic carbocycles. The molecule has 1 heterocycles. The summed E-state index contributed by atoms with van der Waals surface area (Å²) >= 11 is 0. The summed E-state index contributed by atoms with van der Waals surface area (Å²) < 4.78 is 0. The van der Waals surface area contributed by atoms with E-state index in [-0.39, 0.29) is 6.04 Å². The van der Waals surface area contributed by atoms with Crippen LogP contribution in [-0.2, 0) is 4.79 Å². The fourth-order valence-corrected chi connectivity index (χ4v) is 1.64. The second-order valence-electron chi connectivity index (χ2n) is 3.19. The molecule has 1 aromatic rings. The van der Waals surface area contributed by atoms with Crippen LogP contribution in [-0.4, -0.2) is 6.29 Å². The van der Waals surface area contributed by atoms with E-state index in [1.165, 1.54) is 11.1 Å². The molecule has 0 saturated heterocycles. The van der Waals surface area contributed by atoms with Crippen LogP contribution in [0.3, 0.4) is 0 Å². The molecular weight excluding hydrogens is 162 g/mol. The monoisotopic (exact) mass is 173 g/mol. The zero-order chi connectivity index (χ0) is 9.26. The lowest BCUT2D eigenvalue weighted by Gasteiger charge is -2.19. The smallest absolute Gasteiger partial charge is 0.146 e. The molecule has 0 aliphatic carbocycles. The van der Waals surface area contributed by atoms with Gasteiger partial charge in [0.25, 0.3) is 0 Å². The maximum atomic E-state index is 10.7. The van der Waals surface area contributed by atoms with Gasteiger partial charge in [-0.2, -0.15) is 0 Å². The van der Waals surface area contributed by atoms with Gasteiger partial charge in [-0.3, -0.25) is 0 Å². The van der Waals surface area contributed by atoms with Crippen molar-refractivity contribution in [2.45, 2.75) is 13.0 Å². The van der Waals surface area contributed by atoms with E-state index < -0.39 is 0 Å². The Labute approximate surface area is 77.3 Å².